The van der Waals surface area contributed by atoms with Crippen LogP contribution in [0.15, 0.2) is 22.8 Å². The van der Waals surface area contributed by atoms with Crippen molar-refractivity contribution in [3.8, 4) is 0 Å². The molecule has 1 aromatic heterocycles. The van der Waals surface area contributed by atoms with Crippen LogP contribution < -0.4 is 5.32 Å². The molecule has 0 saturated heterocycles. The Balaban J connectivity index is 0.000001000. The minimum Gasteiger partial charge on any atom is -0.468 e. The van der Waals surface area contributed by atoms with E-state index in [0.717, 1.165) is 18.8 Å². The minimum atomic E-state index is 0. The average molecular weight is 176 g/mol. The van der Waals surface area contributed by atoms with Crippen LogP contribution in [0.4, 0.5) is 0 Å². The van der Waals surface area contributed by atoms with Gasteiger partial charge in [-0.2, -0.15) is 0 Å². The predicted octanol–water partition coefficient (Wildman–Crippen LogP) is 2.20. The van der Waals surface area contributed by atoms with E-state index >= 15 is 0 Å². The van der Waals surface area contributed by atoms with E-state index in [9.17, 15) is 0 Å². The Morgan fingerprint density at radius 1 is 1.55 bits per heavy atom. The Labute approximate surface area is 73.4 Å². The third kappa shape index (κ3) is 4.06. The summed E-state index contributed by atoms with van der Waals surface area (Å²) in [6.45, 7) is 4.05. The van der Waals surface area contributed by atoms with E-state index in [0.29, 0.717) is 0 Å². The van der Waals surface area contributed by atoms with Crippen LogP contribution in [0.5, 0.6) is 0 Å². The van der Waals surface area contributed by atoms with Crippen molar-refractivity contribution in [2.75, 3.05) is 6.54 Å². The highest BCUT2D eigenvalue weighted by Crippen LogP contribution is 1.97. The number of hydrogen-bond acceptors (Lipinski definition) is 2. The summed E-state index contributed by atoms with van der Waals surface area (Å²) in [5, 5.41) is 3.24. The topological polar surface area (TPSA) is 25.2 Å². The molecule has 0 aliphatic rings. The molecule has 0 spiro atoms. The predicted molar refractivity (Wildman–Crippen MR) is 48.0 cm³/mol. The van der Waals surface area contributed by atoms with Crippen LogP contribution in [-0.4, -0.2) is 6.54 Å². The molecule has 1 rings (SSSR count). The van der Waals surface area contributed by atoms with Gasteiger partial charge >= 0.3 is 0 Å². The molecule has 0 bridgehead atoms. The van der Waals surface area contributed by atoms with Crippen molar-refractivity contribution in [1.29, 1.82) is 0 Å². The number of rotatable bonds is 4. The summed E-state index contributed by atoms with van der Waals surface area (Å²) in [6, 6.07) is 3.88. The Morgan fingerprint density at radius 3 is 2.91 bits per heavy atom. The van der Waals surface area contributed by atoms with Crippen molar-refractivity contribution in [1.82, 2.24) is 5.32 Å². The number of hydrogen-bond donors (Lipinski definition) is 1. The lowest BCUT2D eigenvalue weighted by Crippen LogP contribution is -2.12. The van der Waals surface area contributed by atoms with Crippen LogP contribution in [0.1, 0.15) is 19.1 Å². The van der Waals surface area contributed by atoms with Gasteiger partial charge in [-0.1, -0.05) is 6.92 Å². The molecule has 64 valence electrons. The molecule has 0 aliphatic carbocycles. The maximum atomic E-state index is 5.12. The molecule has 1 aromatic rings. The Morgan fingerprint density at radius 2 is 2.36 bits per heavy atom. The molecule has 0 unspecified atom stereocenters. The van der Waals surface area contributed by atoms with Crippen molar-refractivity contribution in [2.45, 2.75) is 19.9 Å². The molecule has 2 nitrogen and oxygen atoms in total. The summed E-state index contributed by atoms with van der Waals surface area (Å²) < 4.78 is 5.12. The summed E-state index contributed by atoms with van der Waals surface area (Å²) in [4.78, 5) is 0. The number of furan rings is 1. The van der Waals surface area contributed by atoms with Gasteiger partial charge in [-0.05, 0) is 25.1 Å². The monoisotopic (exact) mass is 175 g/mol. The van der Waals surface area contributed by atoms with E-state index in [2.05, 4.69) is 12.2 Å². The van der Waals surface area contributed by atoms with E-state index in [1.807, 2.05) is 12.1 Å². The molecular formula is C8H14ClNO. The quantitative estimate of drug-likeness (QED) is 0.710. The third-order valence-electron chi connectivity index (χ3n) is 1.31. The first-order valence-electron chi connectivity index (χ1n) is 3.66. The van der Waals surface area contributed by atoms with Gasteiger partial charge in [0.15, 0.2) is 0 Å². The van der Waals surface area contributed by atoms with Crippen molar-refractivity contribution in [3.05, 3.63) is 24.2 Å². The molecule has 0 atom stereocenters. The normalized spacial score (nSPS) is 9.18. The zero-order valence-corrected chi connectivity index (χ0v) is 7.49. The van der Waals surface area contributed by atoms with Gasteiger partial charge in [-0.25, -0.2) is 0 Å². The number of nitrogens with one attached hydrogen (secondary N) is 1. The lowest BCUT2D eigenvalue weighted by Gasteiger charge is -1.97. The second-order valence-electron chi connectivity index (χ2n) is 2.26. The summed E-state index contributed by atoms with van der Waals surface area (Å²) in [5.74, 6) is 1.01. The number of halogens is 1. The van der Waals surface area contributed by atoms with E-state index in [4.69, 9.17) is 4.42 Å². The van der Waals surface area contributed by atoms with Crippen LogP contribution in [-0.2, 0) is 6.54 Å². The van der Waals surface area contributed by atoms with Gasteiger partial charge in [-0.15, -0.1) is 12.4 Å². The Kier molecular flexibility index (Phi) is 5.99. The maximum absolute atomic E-state index is 5.12. The summed E-state index contributed by atoms with van der Waals surface area (Å²) in [7, 11) is 0. The van der Waals surface area contributed by atoms with Crippen LogP contribution in [0.3, 0.4) is 0 Å². The largest absolute Gasteiger partial charge is 0.468 e. The Hall–Kier alpha value is -0.470. The second-order valence-corrected chi connectivity index (χ2v) is 2.26. The van der Waals surface area contributed by atoms with Crippen molar-refractivity contribution < 1.29 is 4.42 Å². The van der Waals surface area contributed by atoms with Gasteiger partial charge in [-0.3, -0.25) is 0 Å². The lowest BCUT2D eigenvalue weighted by atomic mass is 10.4. The van der Waals surface area contributed by atoms with Crippen LogP contribution >= 0.6 is 12.4 Å². The maximum Gasteiger partial charge on any atom is 0.117 e. The zero-order valence-electron chi connectivity index (χ0n) is 6.67. The standard InChI is InChI=1S/C8H13NO.ClH/c1-2-5-9-7-8-4-3-6-10-8;/h3-4,6,9H,2,5,7H2,1H3;1H. The van der Waals surface area contributed by atoms with Crippen LogP contribution in [0.25, 0.3) is 0 Å². The molecule has 0 fully saturated rings. The summed E-state index contributed by atoms with van der Waals surface area (Å²) >= 11 is 0. The van der Waals surface area contributed by atoms with E-state index in [1.165, 1.54) is 6.42 Å². The van der Waals surface area contributed by atoms with Crippen molar-refractivity contribution in [2.24, 2.45) is 0 Å². The highest BCUT2D eigenvalue weighted by atomic mass is 35.5. The third-order valence-corrected chi connectivity index (χ3v) is 1.31. The SMILES string of the molecule is CCCNCc1ccco1.Cl. The van der Waals surface area contributed by atoms with Gasteiger partial charge in [0.25, 0.3) is 0 Å². The van der Waals surface area contributed by atoms with E-state index < -0.39 is 0 Å². The zero-order chi connectivity index (χ0) is 7.23. The van der Waals surface area contributed by atoms with Crippen LogP contribution in [0.2, 0.25) is 0 Å². The first kappa shape index (κ1) is 10.5. The van der Waals surface area contributed by atoms with Gasteiger partial charge in [0, 0.05) is 0 Å². The van der Waals surface area contributed by atoms with Crippen molar-refractivity contribution >= 4 is 12.4 Å². The van der Waals surface area contributed by atoms with E-state index in [-0.39, 0.29) is 12.4 Å². The molecule has 0 aromatic carbocycles. The highest BCUT2D eigenvalue weighted by molar-refractivity contribution is 5.85. The lowest BCUT2D eigenvalue weighted by molar-refractivity contribution is 0.483. The molecule has 0 radical (unpaired) electrons. The molecule has 11 heavy (non-hydrogen) atoms. The molecule has 3 heteroatoms. The summed E-state index contributed by atoms with van der Waals surface area (Å²) in [5.41, 5.74) is 0. The fourth-order valence-corrected chi connectivity index (χ4v) is 0.802. The first-order chi connectivity index (χ1) is 4.93. The minimum absolute atomic E-state index is 0. The van der Waals surface area contributed by atoms with Gasteiger partial charge in [0.05, 0.1) is 12.8 Å². The first-order valence-corrected chi connectivity index (χ1v) is 3.66. The molecule has 1 N–H and O–H groups in total. The smallest absolute Gasteiger partial charge is 0.117 e. The fraction of sp³-hybridized carbons (Fsp3) is 0.500. The van der Waals surface area contributed by atoms with Crippen LogP contribution in [0, 0.1) is 0 Å². The average Bonchev–Trinajstić information content (AvgIpc) is 2.41. The molecule has 0 aliphatic heterocycles. The van der Waals surface area contributed by atoms with Gasteiger partial charge in [0.2, 0.25) is 0 Å². The summed E-state index contributed by atoms with van der Waals surface area (Å²) in [6.07, 6.45) is 2.86. The highest BCUT2D eigenvalue weighted by Gasteiger charge is 1.91. The second kappa shape index (κ2) is 6.25. The van der Waals surface area contributed by atoms with Gasteiger partial charge in [0.1, 0.15) is 5.76 Å². The molecule has 0 saturated carbocycles. The molecule has 1 heterocycles. The van der Waals surface area contributed by atoms with Gasteiger partial charge < -0.3 is 9.73 Å². The molecule has 0 amide bonds. The van der Waals surface area contributed by atoms with Crippen molar-refractivity contribution in [3.63, 3.8) is 0 Å². The molecular weight excluding hydrogens is 162 g/mol. The fourth-order valence-electron chi connectivity index (χ4n) is 0.802. The van der Waals surface area contributed by atoms with E-state index in [1.54, 1.807) is 6.26 Å². The Bertz CT molecular complexity index is 163.